The Morgan fingerprint density at radius 3 is 2.50 bits per heavy atom. The van der Waals surface area contributed by atoms with Gasteiger partial charge in [-0.25, -0.2) is 22.2 Å². The maximum Gasteiger partial charge on any atom is 0.256 e. The van der Waals surface area contributed by atoms with E-state index in [1.807, 2.05) is 0 Å². The third-order valence-corrected chi connectivity index (χ3v) is 4.39. The minimum Gasteiger partial charge on any atom is -0.310 e. The molecule has 1 fully saturated rings. The molecule has 1 aromatic carbocycles. The van der Waals surface area contributed by atoms with E-state index < -0.39 is 26.6 Å². The Kier molecular flexibility index (Phi) is 4.38. The maximum atomic E-state index is 14.2. The van der Waals surface area contributed by atoms with Crippen LogP contribution in [0.15, 0.2) is 17.0 Å². The van der Waals surface area contributed by atoms with Gasteiger partial charge in [-0.15, -0.1) is 4.83 Å². The third-order valence-electron chi connectivity index (χ3n) is 2.89. The van der Waals surface area contributed by atoms with Crippen molar-refractivity contribution in [1.82, 2.24) is 15.2 Å². The maximum absolute atomic E-state index is 14.2. The molecule has 20 heavy (non-hydrogen) atoms. The number of sulfonamides is 1. The lowest BCUT2D eigenvalue weighted by atomic mass is 10.2. The summed E-state index contributed by atoms with van der Waals surface area (Å²) in [4.78, 5) is 1.57. The number of halogens is 2. The molecule has 0 radical (unpaired) electrons. The molecule has 8 heteroatoms. The predicted molar refractivity (Wildman–Crippen MR) is 70.2 cm³/mol. The first-order valence-corrected chi connectivity index (χ1v) is 7.69. The fourth-order valence-electron chi connectivity index (χ4n) is 1.77. The van der Waals surface area contributed by atoms with Crippen LogP contribution in [0.5, 0.6) is 0 Å². The fourth-order valence-corrected chi connectivity index (χ4v) is 2.95. The van der Waals surface area contributed by atoms with Gasteiger partial charge in [0.2, 0.25) is 0 Å². The summed E-state index contributed by atoms with van der Waals surface area (Å²) in [7, 11) is -1.11. The van der Waals surface area contributed by atoms with E-state index in [4.69, 9.17) is 0 Å². The van der Waals surface area contributed by atoms with E-state index in [0.717, 1.165) is 25.0 Å². The average Bonchev–Trinajstić information content (AvgIpc) is 3.10. The van der Waals surface area contributed by atoms with Crippen LogP contribution in [-0.2, 0) is 16.6 Å². The number of nitrogens with one attached hydrogen (secondary N) is 2. The van der Waals surface area contributed by atoms with Crippen molar-refractivity contribution in [2.75, 3.05) is 14.1 Å². The largest absolute Gasteiger partial charge is 0.310 e. The second-order valence-electron chi connectivity index (χ2n) is 4.98. The SMILES string of the molecule is CN(C)NS(=O)(=O)c1ccc(F)c(CNC2CC2)c1F. The molecule has 0 aromatic heterocycles. The van der Waals surface area contributed by atoms with E-state index in [-0.39, 0.29) is 18.2 Å². The molecule has 5 nitrogen and oxygen atoms in total. The van der Waals surface area contributed by atoms with Crippen LogP contribution in [0, 0.1) is 11.6 Å². The molecule has 0 amide bonds. The zero-order valence-corrected chi connectivity index (χ0v) is 12.1. The molecule has 0 unspecified atom stereocenters. The van der Waals surface area contributed by atoms with Crippen LogP contribution in [-0.4, -0.2) is 33.6 Å². The summed E-state index contributed by atoms with van der Waals surface area (Å²) < 4.78 is 51.8. The van der Waals surface area contributed by atoms with Crippen molar-refractivity contribution < 1.29 is 17.2 Å². The highest BCUT2D eigenvalue weighted by molar-refractivity contribution is 7.89. The number of hydrogen-bond acceptors (Lipinski definition) is 4. The van der Waals surface area contributed by atoms with Gasteiger partial charge in [-0.05, 0) is 25.0 Å². The topological polar surface area (TPSA) is 61.4 Å². The van der Waals surface area contributed by atoms with Gasteiger partial charge in [-0.3, -0.25) is 0 Å². The van der Waals surface area contributed by atoms with E-state index in [2.05, 4.69) is 10.1 Å². The van der Waals surface area contributed by atoms with Crippen LogP contribution in [0.4, 0.5) is 8.78 Å². The second kappa shape index (κ2) is 5.72. The smallest absolute Gasteiger partial charge is 0.256 e. The van der Waals surface area contributed by atoms with Crippen molar-refractivity contribution in [3.8, 4) is 0 Å². The Bertz CT molecular complexity index is 601. The van der Waals surface area contributed by atoms with E-state index in [1.54, 1.807) is 0 Å². The standard InChI is InChI=1S/C12H17F2N3O2S/c1-17(2)16-20(18,19)11-6-5-10(13)9(12(11)14)7-15-8-3-4-8/h5-6,8,15-16H,3-4,7H2,1-2H3. The third kappa shape index (κ3) is 3.51. The second-order valence-corrected chi connectivity index (χ2v) is 6.61. The number of benzene rings is 1. The summed E-state index contributed by atoms with van der Waals surface area (Å²) in [6.07, 6.45) is 1.95. The van der Waals surface area contributed by atoms with Gasteiger partial charge in [0.25, 0.3) is 10.0 Å². The lowest BCUT2D eigenvalue weighted by Gasteiger charge is -2.15. The highest BCUT2D eigenvalue weighted by atomic mass is 32.2. The number of hydrogen-bond donors (Lipinski definition) is 2. The molecule has 112 valence electrons. The average molecular weight is 305 g/mol. The Morgan fingerprint density at radius 1 is 1.30 bits per heavy atom. The van der Waals surface area contributed by atoms with Crippen molar-refractivity contribution in [2.45, 2.75) is 30.3 Å². The molecular formula is C12H17F2N3O2S. The minimum atomic E-state index is -4.05. The van der Waals surface area contributed by atoms with Gasteiger partial charge in [0.15, 0.2) is 5.82 Å². The van der Waals surface area contributed by atoms with E-state index in [9.17, 15) is 17.2 Å². The number of hydrazine groups is 1. The summed E-state index contributed by atoms with van der Waals surface area (Å²) >= 11 is 0. The molecule has 1 aliphatic carbocycles. The van der Waals surface area contributed by atoms with E-state index in [0.29, 0.717) is 0 Å². The summed E-state index contributed by atoms with van der Waals surface area (Å²) in [5, 5.41) is 4.15. The van der Waals surface area contributed by atoms with Gasteiger partial charge < -0.3 is 5.32 Å². The van der Waals surface area contributed by atoms with Gasteiger partial charge in [0, 0.05) is 32.2 Å². The normalized spacial score (nSPS) is 15.8. The van der Waals surface area contributed by atoms with E-state index in [1.165, 1.54) is 19.1 Å². The summed E-state index contributed by atoms with van der Waals surface area (Å²) in [5.41, 5.74) is -0.251. The van der Waals surface area contributed by atoms with Gasteiger partial charge in [-0.2, -0.15) is 0 Å². The van der Waals surface area contributed by atoms with Crippen LogP contribution in [0.3, 0.4) is 0 Å². The molecule has 1 aliphatic rings. The van der Waals surface area contributed by atoms with E-state index >= 15 is 0 Å². The predicted octanol–water partition coefficient (Wildman–Crippen LogP) is 0.972. The molecular weight excluding hydrogens is 288 g/mol. The lowest BCUT2D eigenvalue weighted by molar-refractivity contribution is 0.362. The Hall–Kier alpha value is -1.09. The van der Waals surface area contributed by atoms with Crippen LogP contribution in [0.2, 0.25) is 0 Å². The minimum absolute atomic E-state index is 0.0202. The first-order valence-electron chi connectivity index (χ1n) is 6.21. The summed E-state index contributed by atoms with van der Waals surface area (Å²) in [6.45, 7) is -0.0202. The van der Waals surface area contributed by atoms with Crippen LogP contribution < -0.4 is 10.1 Å². The van der Waals surface area contributed by atoms with Crippen molar-refractivity contribution in [2.24, 2.45) is 0 Å². The van der Waals surface area contributed by atoms with Crippen LogP contribution in [0.25, 0.3) is 0 Å². The highest BCUT2D eigenvalue weighted by Gasteiger charge is 2.26. The molecule has 0 atom stereocenters. The quantitative estimate of drug-likeness (QED) is 0.769. The van der Waals surface area contributed by atoms with Crippen LogP contribution in [0.1, 0.15) is 18.4 Å². The molecule has 1 aromatic rings. The molecule has 0 heterocycles. The molecule has 1 saturated carbocycles. The van der Waals surface area contributed by atoms with Crippen molar-refractivity contribution in [1.29, 1.82) is 0 Å². The van der Waals surface area contributed by atoms with Crippen LogP contribution >= 0.6 is 0 Å². The van der Waals surface area contributed by atoms with Gasteiger partial charge in [0.1, 0.15) is 10.7 Å². The molecule has 2 rings (SSSR count). The number of nitrogens with zero attached hydrogens (tertiary/aromatic N) is 1. The zero-order valence-electron chi connectivity index (χ0n) is 11.3. The lowest BCUT2D eigenvalue weighted by Crippen LogP contribution is -2.36. The van der Waals surface area contributed by atoms with Gasteiger partial charge in [-0.1, -0.05) is 0 Å². The van der Waals surface area contributed by atoms with Crippen molar-refractivity contribution >= 4 is 10.0 Å². The first-order chi connectivity index (χ1) is 9.31. The van der Waals surface area contributed by atoms with Gasteiger partial charge in [0.05, 0.1) is 0 Å². The number of rotatable bonds is 6. The monoisotopic (exact) mass is 305 g/mol. The first kappa shape index (κ1) is 15.3. The van der Waals surface area contributed by atoms with Crippen molar-refractivity contribution in [3.05, 3.63) is 29.3 Å². The molecule has 0 saturated heterocycles. The Morgan fingerprint density at radius 2 is 1.95 bits per heavy atom. The summed E-state index contributed by atoms with van der Waals surface area (Å²) in [6, 6.07) is 2.17. The molecule has 0 bridgehead atoms. The Labute approximate surface area is 117 Å². The Balaban J connectivity index is 2.31. The summed E-state index contributed by atoms with van der Waals surface area (Å²) in [5.74, 6) is -1.80. The van der Waals surface area contributed by atoms with Crippen molar-refractivity contribution in [3.63, 3.8) is 0 Å². The fraction of sp³-hybridized carbons (Fsp3) is 0.500. The molecule has 0 aliphatic heterocycles. The highest BCUT2D eigenvalue weighted by Crippen LogP contribution is 2.23. The van der Waals surface area contributed by atoms with Gasteiger partial charge >= 0.3 is 0 Å². The molecule has 2 N–H and O–H groups in total. The molecule has 0 spiro atoms. The zero-order chi connectivity index (χ0) is 14.9.